The van der Waals surface area contributed by atoms with Gasteiger partial charge in [0.25, 0.3) is 0 Å². The largest absolute Gasteiger partial charge is 0.473 e. The van der Waals surface area contributed by atoms with Crippen molar-refractivity contribution in [1.29, 1.82) is 0 Å². The lowest BCUT2D eigenvalue weighted by Crippen LogP contribution is -2.30. The van der Waals surface area contributed by atoms with Gasteiger partial charge in [-0.3, -0.25) is 4.79 Å². The Morgan fingerprint density at radius 2 is 2.16 bits per heavy atom. The van der Waals surface area contributed by atoms with E-state index in [1.807, 2.05) is 27.7 Å². The van der Waals surface area contributed by atoms with Gasteiger partial charge in [0.1, 0.15) is 5.69 Å². The number of nitrogens with zero attached hydrogens (tertiary/aromatic N) is 1. The molecule has 0 spiro atoms. The second-order valence-electron chi connectivity index (χ2n) is 4.72. The second-order valence-corrected chi connectivity index (χ2v) is 4.72. The maximum absolute atomic E-state index is 12.0. The average Bonchev–Trinajstić information content (AvgIpc) is 2.37. The molecule has 2 N–H and O–H groups in total. The molecule has 19 heavy (non-hydrogen) atoms. The van der Waals surface area contributed by atoms with Gasteiger partial charge in [-0.25, -0.2) is 4.98 Å². The summed E-state index contributed by atoms with van der Waals surface area (Å²) in [5.41, 5.74) is 0.615. The maximum atomic E-state index is 12.0. The number of carbonyl (C=O) groups excluding carboxylic acids is 1. The predicted octanol–water partition coefficient (Wildman–Crippen LogP) is 2.05. The Balaban J connectivity index is 2.68. The molecule has 1 rings (SSSR count). The molecule has 0 aliphatic heterocycles. The van der Waals surface area contributed by atoms with Gasteiger partial charge in [0.2, 0.25) is 11.8 Å². The molecule has 1 unspecified atom stereocenters. The van der Waals surface area contributed by atoms with Gasteiger partial charge in [-0.1, -0.05) is 13.8 Å². The van der Waals surface area contributed by atoms with Crippen molar-refractivity contribution in [3.8, 4) is 5.88 Å². The van der Waals surface area contributed by atoms with E-state index in [-0.39, 0.29) is 17.9 Å². The first-order valence-corrected chi connectivity index (χ1v) is 6.67. The van der Waals surface area contributed by atoms with Crippen LogP contribution in [0.1, 0.15) is 27.7 Å². The summed E-state index contributed by atoms with van der Waals surface area (Å²) < 4.78 is 5.57. The molecule has 0 aromatic carbocycles. The molecule has 1 atom stereocenters. The fraction of sp³-hybridized carbons (Fsp3) is 0.571. The van der Waals surface area contributed by atoms with Crippen molar-refractivity contribution in [2.75, 3.05) is 18.4 Å². The van der Waals surface area contributed by atoms with Crippen LogP contribution in [0.4, 0.5) is 5.69 Å². The highest BCUT2D eigenvalue weighted by Crippen LogP contribution is 2.22. The van der Waals surface area contributed by atoms with E-state index in [1.165, 1.54) is 0 Å². The summed E-state index contributed by atoms with van der Waals surface area (Å²) in [6.07, 6.45) is 1.67. The average molecular weight is 265 g/mol. The smallest absolute Gasteiger partial charge is 0.238 e. The molecule has 0 saturated heterocycles. The third kappa shape index (κ3) is 5.26. The number of pyridine rings is 1. The quantitative estimate of drug-likeness (QED) is 0.792. The predicted molar refractivity (Wildman–Crippen MR) is 76.3 cm³/mol. The number of rotatable bonds is 7. The van der Waals surface area contributed by atoms with E-state index in [0.29, 0.717) is 18.1 Å². The van der Waals surface area contributed by atoms with Gasteiger partial charge in [-0.15, -0.1) is 0 Å². The Morgan fingerprint density at radius 3 is 2.79 bits per heavy atom. The van der Waals surface area contributed by atoms with Crippen LogP contribution in [0.25, 0.3) is 0 Å². The molecule has 5 heteroatoms. The van der Waals surface area contributed by atoms with Crippen molar-refractivity contribution in [2.45, 2.75) is 33.8 Å². The molecular weight excluding hydrogens is 242 g/mol. The number of anilines is 1. The molecule has 0 aliphatic carbocycles. The molecule has 0 saturated carbocycles. The van der Waals surface area contributed by atoms with Crippen LogP contribution in [0.5, 0.6) is 5.88 Å². The summed E-state index contributed by atoms with van der Waals surface area (Å²) in [5, 5.41) is 6.01. The number of amides is 1. The standard InChI is InChI=1S/C14H23N3O2/c1-5-15-9-11(4)13(18)17-12-7-6-8-16-14(12)19-10(2)3/h6-8,10-11,15H,5,9H2,1-4H3,(H,17,18). The number of nitrogens with one attached hydrogen (secondary N) is 2. The molecule has 5 nitrogen and oxygen atoms in total. The van der Waals surface area contributed by atoms with E-state index in [2.05, 4.69) is 15.6 Å². The van der Waals surface area contributed by atoms with Gasteiger partial charge < -0.3 is 15.4 Å². The topological polar surface area (TPSA) is 63.2 Å². The van der Waals surface area contributed by atoms with Crippen molar-refractivity contribution in [3.63, 3.8) is 0 Å². The van der Waals surface area contributed by atoms with E-state index in [1.54, 1.807) is 18.3 Å². The van der Waals surface area contributed by atoms with E-state index in [0.717, 1.165) is 6.54 Å². The summed E-state index contributed by atoms with van der Waals surface area (Å²) in [5.74, 6) is 0.316. The van der Waals surface area contributed by atoms with Crippen molar-refractivity contribution < 1.29 is 9.53 Å². The van der Waals surface area contributed by atoms with Crippen molar-refractivity contribution in [2.24, 2.45) is 5.92 Å². The van der Waals surface area contributed by atoms with E-state index in [4.69, 9.17) is 4.74 Å². The van der Waals surface area contributed by atoms with Crippen LogP contribution in [0, 0.1) is 5.92 Å². The number of aromatic nitrogens is 1. The summed E-state index contributed by atoms with van der Waals surface area (Å²) in [6.45, 7) is 9.26. The van der Waals surface area contributed by atoms with E-state index in [9.17, 15) is 4.79 Å². The fourth-order valence-corrected chi connectivity index (χ4v) is 1.51. The Morgan fingerprint density at radius 1 is 1.42 bits per heavy atom. The molecule has 0 fully saturated rings. The monoisotopic (exact) mass is 265 g/mol. The SMILES string of the molecule is CCNCC(C)C(=O)Nc1cccnc1OC(C)C. The van der Waals surface area contributed by atoms with Crippen LogP contribution in [0.3, 0.4) is 0 Å². The van der Waals surface area contributed by atoms with E-state index >= 15 is 0 Å². The number of ether oxygens (including phenoxy) is 1. The Hall–Kier alpha value is -1.62. The molecule has 1 heterocycles. The highest BCUT2D eigenvalue weighted by molar-refractivity contribution is 5.93. The van der Waals surface area contributed by atoms with E-state index < -0.39 is 0 Å². The minimum atomic E-state index is -0.105. The first-order valence-electron chi connectivity index (χ1n) is 6.67. The highest BCUT2D eigenvalue weighted by atomic mass is 16.5. The lowest BCUT2D eigenvalue weighted by molar-refractivity contribution is -0.119. The molecule has 1 aromatic heterocycles. The summed E-state index contributed by atoms with van der Waals surface area (Å²) >= 11 is 0. The summed E-state index contributed by atoms with van der Waals surface area (Å²) in [4.78, 5) is 16.2. The first kappa shape index (κ1) is 15.4. The fourth-order valence-electron chi connectivity index (χ4n) is 1.51. The minimum absolute atomic E-state index is 0.0183. The molecule has 1 amide bonds. The van der Waals surface area contributed by atoms with Crippen LogP contribution < -0.4 is 15.4 Å². The van der Waals surface area contributed by atoms with Crippen LogP contribution in [0.2, 0.25) is 0 Å². The van der Waals surface area contributed by atoms with Gasteiger partial charge in [-0.05, 0) is 32.5 Å². The minimum Gasteiger partial charge on any atom is -0.473 e. The Labute approximate surface area is 114 Å². The van der Waals surface area contributed by atoms with Crippen LogP contribution >= 0.6 is 0 Å². The summed E-state index contributed by atoms with van der Waals surface area (Å²) in [7, 11) is 0. The zero-order valence-corrected chi connectivity index (χ0v) is 12.1. The molecule has 0 aliphatic rings. The summed E-state index contributed by atoms with van der Waals surface area (Å²) in [6, 6.07) is 3.57. The Kier molecular flexibility index (Phi) is 6.29. The lowest BCUT2D eigenvalue weighted by Gasteiger charge is -2.16. The third-order valence-electron chi connectivity index (χ3n) is 2.52. The first-order chi connectivity index (χ1) is 9.04. The third-order valence-corrected chi connectivity index (χ3v) is 2.52. The van der Waals surface area contributed by atoms with Gasteiger partial charge in [0.05, 0.1) is 6.10 Å². The zero-order chi connectivity index (χ0) is 14.3. The highest BCUT2D eigenvalue weighted by Gasteiger charge is 2.15. The normalized spacial score (nSPS) is 12.3. The molecule has 0 bridgehead atoms. The van der Waals surface area contributed by atoms with Crippen molar-refractivity contribution in [1.82, 2.24) is 10.3 Å². The molecule has 1 aromatic rings. The van der Waals surface area contributed by atoms with Crippen LogP contribution in [-0.2, 0) is 4.79 Å². The van der Waals surface area contributed by atoms with Gasteiger partial charge >= 0.3 is 0 Å². The lowest BCUT2D eigenvalue weighted by atomic mass is 10.1. The van der Waals surface area contributed by atoms with Gasteiger partial charge in [0, 0.05) is 18.7 Å². The second kappa shape index (κ2) is 7.74. The van der Waals surface area contributed by atoms with Crippen molar-refractivity contribution >= 4 is 11.6 Å². The van der Waals surface area contributed by atoms with Crippen LogP contribution in [-0.4, -0.2) is 30.1 Å². The molecule has 0 radical (unpaired) electrons. The van der Waals surface area contributed by atoms with Gasteiger partial charge in [-0.2, -0.15) is 0 Å². The maximum Gasteiger partial charge on any atom is 0.238 e. The number of hydrogen-bond donors (Lipinski definition) is 2. The van der Waals surface area contributed by atoms with Crippen molar-refractivity contribution in [3.05, 3.63) is 18.3 Å². The van der Waals surface area contributed by atoms with Crippen LogP contribution in [0.15, 0.2) is 18.3 Å². The Bertz CT molecular complexity index is 407. The zero-order valence-electron chi connectivity index (χ0n) is 12.1. The molecule has 106 valence electrons. The molecular formula is C14H23N3O2. The number of hydrogen-bond acceptors (Lipinski definition) is 4. The van der Waals surface area contributed by atoms with Gasteiger partial charge in [0.15, 0.2) is 0 Å². The number of carbonyl (C=O) groups is 1.